The second-order valence-electron chi connectivity index (χ2n) is 5.99. The summed E-state index contributed by atoms with van der Waals surface area (Å²) in [6, 6.07) is 10.7. The third-order valence-corrected chi connectivity index (χ3v) is 5.23. The van der Waals surface area contributed by atoms with E-state index in [0.29, 0.717) is 22.4 Å². The zero-order valence-corrected chi connectivity index (χ0v) is 16.1. The maximum Gasteiger partial charge on any atom is 0.261 e. The van der Waals surface area contributed by atoms with E-state index in [1.165, 1.54) is 11.3 Å². The number of halogens is 1. The number of carbonyl (C=O) groups excluding carboxylic acids is 2. The number of carbonyl (C=O) groups is 2. The monoisotopic (exact) mass is 409 g/mol. The number of benzene rings is 1. The number of rotatable bonds is 7. The minimum absolute atomic E-state index is 0.0554. The lowest BCUT2D eigenvalue weighted by Crippen LogP contribution is -2.41. The number of nitrogens with zero attached hydrogens (tertiary/aromatic N) is 1. The minimum atomic E-state index is -0.745. The molecule has 1 fully saturated rings. The van der Waals surface area contributed by atoms with E-state index >= 15 is 0 Å². The number of amides is 2. The maximum absolute atomic E-state index is 11.9. The first-order valence-corrected chi connectivity index (χ1v) is 9.66. The fraction of sp³-hybridized carbons (Fsp3) is 0.333. The molecule has 1 aromatic heterocycles. The third kappa shape index (κ3) is 5.43. The number of morpholine rings is 1. The molecular formula is C18H20ClN3O4S. The van der Waals surface area contributed by atoms with Gasteiger partial charge < -0.3 is 25.4 Å². The Morgan fingerprint density at radius 2 is 2.04 bits per heavy atom. The lowest BCUT2D eigenvalue weighted by molar-refractivity contribution is -0.125. The van der Waals surface area contributed by atoms with Gasteiger partial charge in [-0.1, -0.05) is 11.6 Å². The molecule has 1 atom stereocenters. The fourth-order valence-electron chi connectivity index (χ4n) is 2.59. The van der Waals surface area contributed by atoms with E-state index in [0.717, 1.165) is 11.4 Å². The quantitative estimate of drug-likeness (QED) is 0.650. The average molecular weight is 410 g/mol. The molecule has 1 aliphatic rings. The van der Waals surface area contributed by atoms with Crippen molar-refractivity contribution in [3.63, 3.8) is 0 Å². The van der Waals surface area contributed by atoms with Gasteiger partial charge in [-0.25, -0.2) is 0 Å². The highest BCUT2D eigenvalue weighted by Crippen LogP contribution is 2.21. The summed E-state index contributed by atoms with van der Waals surface area (Å²) in [7, 11) is 0. The molecule has 1 aliphatic heterocycles. The van der Waals surface area contributed by atoms with Crippen LogP contribution in [0.3, 0.4) is 0 Å². The average Bonchev–Trinajstić information content (AvgIpc) is 3.12. The summed E-state index contributed by atoms with van der Waals surface area (Å²) in [5.74, 6) is -0.314. The Morgan fingerprint density at radius 1 is 1.26 bits per heavy atom. The van der Waals surface area contributed by atoms with Crippen molar-refractivity contribution >= 4 is 46.1 Å². The summed E-state index contributed by atoms with van der Waals surface area (Å²) in [5.41, 5.74) is 1.63. The van der Waals surface area contributed by atoms with Crippen molar-refractivity contribution in [2.75, 3.05) is 43.1 Å². The highest BCUT2D eigenvalue weighted by Gasteiger charge is 2.19. The van der Waals surface area contributed by atoms with Crippen molar-refractivity contribution in [3.8, 4) is 0 Å². The molecular weight excluding hydrogens is 390 g/mol. The number of hydrogen-bond acceptors (Lipinski definition) is 6. The number of anilines is 2. The molecule has 0 unspecified atom stereocenters. The lowest BCUT2D eigenvalue weighted by Gasteiger charge is -2.27. The fourth-order valence-corrected chi connectivity index (χ4v) is 3.55. The maximum atomic E-state index is 11.9. The van der Waals surface area contributed by atoms with Crippen molar-refractivity contribution in [1.29, 1.82) is 0 Å². The van der Waals surface area contributed by atoms with Crippen LogP contribution in [0.2, 0.25) is 4.34 Å². The van der Waals surface area contributed by atoms with E-state index in [4.69, 9.17) is 16.3 Å². The first-order valence-electron chi connectivity index (χ1n) is 8.46. The zero-order chi connectivity index (χ0) is 19.2. The van der Waals surface area contributed by atoms with Gasteiger partial charge in [0.05, 0.1) is 21.9 Å². The first kappa shape index (κ1) is 19.6. The molecule has 1 aromatic carbocycles. The van der Waals surface area contributed by atoms with Crippen molar-refractivity contribution in [3.05, 3.63) is 45.6 Å². The Bertz CT molecular complexity index is 796. The smallest absolute Gasteiger partial charge is 0.261 e. The largest absolute Gasteiger partial charge is 0.389 e. The Morgan fingerprint density at radius 3 is 2.70 bits per heavy atom. The van der Waals surface area contributed by atoms with Crippen molar-refractivity contribution in [2.45, 2.75) is 6.10 Å². The molecule has 9 heteroatoms. The van der Waals surface area contributed by atoms with Crippen LogP contribution in [0, 0.1) is 0 Å². The molecule has 2 heterocycles. The highest BCUT2D eigenvalue weighted by molar-refractivity contribution is 7.17. The number of ether oxygens (including phenoxy) is 1. The zero-order valence-electron chi connectivity index (χ0n) is 14.5. The lowest BCUT2D eigenvalue weighted by atomic mass is 10.2. The van der Waals surface area contributed by atoms with Crippen molar-refractivity contribution < 1.29 is 19.4 Å². The van der Waals surface area contributed by atoms with Gasteiger partial charge in [0.1, 0.15) is 6.61 Å². The van der Waals surface area contributed by atoms with Crippen molar-refractivity contribution in [1.82, 2.24) is 5.32 Å². The van der Waals surface area contributed by atoms with Crippen LogP contribution in [0.15, 0.2) is 36.4 Å². The molecule has 2 amide bonds. The molecule has 7 nitrogen and oxygen atoms in total. The predicted molar refractivity (Wildman–Crippen MR) is 106 cm³/mol. The molecule has 0 aliphatic carbocycles. The minimum Gasteiger partial charge on any atom is -0.389 e. The van der Waals surface area contributed by atoms with Crippen LogP contribution < -0.4 is 15.5 Å². The van der Waals surface area contributed by atoms with Gasteiger partial charge in [0.2, 0.25) is 0 Å². The predicted octanol–water partition coefficient (Wildman–Crippen LogP) is 1.97. The summed E-state index contributed by atoms with van der Waals surface area (Å²) in [5, 5.41) is 15.8. The second kappa shape index (κ2) is 9.18. The van der Waals surface area contributed by atoms with Gasteiger partial charge >= 0.3 is 0 Å². The number of nitrogens with one attached hydrogen (secondary N) is 2. The Labute approximate surface area is 165 Å². The molecule has 2 aromatic rings. The van der Waals surface area contributed by atoms with E-state index in [1.54, 1.807) is 17.0 Å². The topological polar surface area (TPSA) is 90.9 Å². The summed E-state index contributed by atoms with van der Waals surface area (Å²) in [4.78, 5) is 26.0. The number of aliphatic hydroxyl groups is 1. The molecule has 3 rings (SSSR count). The third-order valence-electron chi connectivity index (χ3n) is 4.00. The molecule has 0 spiro atoms. The number of aliphatic hydroxyl groups excluding tert-OH is 1. The second-order valence-corrected chi connectivity index (χ2v) is 7.71. The van der Waals surface area contributed by atoms with E-state index in [2.05, 4.69) is 10.6 Å². The molecule has 0 radical (unpaired) electrons. The van der Waals surface area contributed by atoms with Gasteiger partial charge in [0, 0.05) is 31.0 Å². The van der Waals surface area contributed by atoms with Crippen LogP contribution in [0.4, 0.5) is 11.4 Å². The highest BCUT2D eigenvalue weighted by atomic mass is 35.5. The van der Waals surface area contributed by atoms with Gasteiger partial charge in [-0.3, -0.25) is 9.59 Å². The number of hydrogen-bond donors (Lipinski definition) is 3. The van der Waals surface area contributed by atoms with Crippen LogP contribution in [-0.2, 0) is 9.53 Å². The first-order chi connectivity index (χ1) is 13.0. The number of thiophene rings is 1. The molecule has 144 valence electrons. The van der Waals surface area contributed by atoms with Gasteiger partial charge in [0.15, 0.2) is 0 Å². The summed E-state index contributed by atoms with van der Waals surface area (Å²) in [6.45, 7) is 1.58. The van der Waals surface area contributed by atoms with E-state index in [-0.39, 0.29) is 31.5 Å². The van der Waals surface area contributed by atoms with E-state index in [9.17, 15) is 14.7 Å². The van der Waals surface area contributed by atoms with Crippen molar-refractivity contribution in [2.24, 2.45) is 0 Å². The summed E-state index contributed by atoms with van der Waals surface area (Å²) in [6.07, 6.45) is -0.745. The Hall–Kier alpha value is -2.13. The van der Waals surface area contributed by atoms with Crippen LogP contribution in [0.5, 0.6) is 0 Å². The van der Waals surface area contributed by atoms with Gasteiger partial charge in [-0.2, -0.15) is 0 Å². The molecule has 0 saturated carbocycles. The van der Waals surface area contributed by atoms with Crippen LogP contribution in [0.1, 0.15) is 9.67 Å². The standard InChI is InChI=1S/C18H20ClN3O4S/c19-16-6-5-15(27-16)18(25)21-10-14(23)9-20-12-1-3-13(4-2-12)22-7-8-26-11-17(22)24/h1-6,14,20,23H,7-11H2,(H,21,25)/t14-/m0/s1. The normalized spacial score (nSPS) is 15.5. The Balaban J connectivity index is 1.44. The SMILES string of the molecule is O=C(NC[C@@H](O)CNc1ccc(N2CCOCC2=O)cc1)c1ccc(Cl)s1. The Kier molecular flexibility index (Phi) is 6.68. The van der Waals surface area contributed by atoms with Crippen LogP contribution in [-0.4, -0.2) is 55.9 Å². The molecule has 27 heavy (non-hydrogen) atoms. The van der Waals surface area contributed by atoms with E-state index < -0.39 is 6.10 Å². The van der Waals surface area contributed by atoms with Crippen LogP contribution >= 0.6 is 22.9 Å². The molecule has 1 saturated heterocycles. The summed E-state index contributed by atoms with van der Waals surface area (Å²) < 4.78 is 5.67. The van der Waals surface area contributed by atoms with E-state index in [1.807, 2.05) is 24.3 Å². The van der Waals surface area contributed by atoms with Crippen LogP contribution in [0.25, 0.3) is 0 Å². The summed E-state index contributed by atoms with van der Waals surface area (Å²) >= 11 is 7.00. The van der Waals surface area contributed by atoms with Gasteiger partial charge in [-0.15, -0.1) is 11.3 Å². The molecule has 3 N–H and O–H groups in total. The molecule has 0 bridgehead atoms. The van der Waals surface area contributed by atoms with Gasteiger partial charge in [0.25, 0.3) is 11.8 Å². The van der Waals surface area contributed by atoms with Gasteiger partial charge in [-0.05, 0) is 36.4 Å².